The summed E-state index contributed by atoms with van der Waals surface area (Å²) in [4.78, 5) is 0.229. The highest BCUT2D eigenvalue weighted by molar-refractivity contribution is 7.94. The molecule has 0 bridgehead atoms. The van der Waals surface area contributed by atoms with Crippen LogP contribution in [0.15, 0.2) is 51.2 Å². The maximum absolute atomic E-state index is 13.0. The van der Waals surface area contributed by atoms with Gasteiger partial charge in [0.2, 0.25) is 0 Å². The van der Waals surface area contributed by atoms with Crippen LogP contribution in [0.4, 0.5) is 18.9 Å². The molecule has 2 heterocycles. The maximum atomic E-state index is 13.0. The van der Waals surface area contributed by atoms with Gasteiger partial charge < -0.3 is 9.26 Å². The quantitative estimate of drug-likeness (QED) is 0.567. The minimum Gasteiger partial charge on any atom is -0.497 e. The molecule has 150 valence electrons. The van der Waals surface area contributed by atoms with Crippen molar-refractivity contribution in [2.75, 3.05) is 18.0 Å². The fraction of sp³-hybridized carbons (Fsp3) is 0.235. The van der Waals surface area contributed by atoms with Gasteiger partial charge in [0.1, 0.15) is 9.96 Å². The van der Waals surface area contributed by atoms with E-state index in [1.54, 1.807) is 31.2 Å². The summed E-state index contributed by atoms with van der Waals surface area (Å²) < 4.78 is 75.0. The number of methoxy groups -OCH3 is 1. The minimum atomic E-state index is -4.64. The second-order valence-electron chi connectivity index (χ2n) is 5.56. The van der Waals surface area contributed by atoms with Crippen LogP contribution >= 0.6 is 11.3 Å². The summed E-state index contributed by atoms with van der Waals surface area (Å²) in [5, 5.41) is 2.99. The smallest absolute Gasteiger partial charge is 0.436 e. The van der Waals surface area contributed by atoms with E-state index in [0.29, 0.717) is 11.4 Å². The molecule has 0 saturated heterocycles. The Morgan fingerprint density at radius 1 is 1.18 bits per heavy atom. The van der Waals surface area contributed by atoms with Crippen LogP contribution in [-0.2, 0) is 16.2 Å². The van der Waals surface area contributed by atoms with Gasteiger partial charge in [0.25, 0.3) is 10.0 Å². The fourth-order valence-electron chi connectivity index (χ4n) is 2.46. The number of sulfonamides is 1. The zero-order chi connectivity index (χ0) is 20.5. The molecule has 0 fully saturated rings. The molecule has 0 N–H and O–H groups in total. The first kappa shape index (κ1) is 20.2. The van der Waals surface area contributed by atoms with Crippen molar-refractivity contribution in [3.05, 3.63) is 48.2 Å². The van der Waals surface area contributed by atoms with Gasteiger partial charge >= 0.3 is 6.18 Å². The molecule has 0 amide bonds. The molecular formula is C17H15F3N2O4S2. The molecule has 6 nitrogen and oxygen atoms in total. The zero-order valence-electron chi connectivity index (χ0n) is 14.7. The number of rotatable bonds is 6. The van der Waals surface area contributed by atoms with Crippen molar-refractivity contribution in [1.82, 2.24) is 5.16 Å². The van der Waals surface area contributed by atoms with E-state index in [4.69, 9.17) is 9.26 Å². The number of halogens is 3. The van der Waals surface area contributed by atoms with Crippen LogP contribution in [0.2, 0.25) is 0 Å². The van der Waals surface area contributed by atoms with Crippen molar-refractivity contribution in [3.8, 4) is 16.4 Å². The first-order valence-electron chi connectivity index (χ1n) is 7.97. The number of nitrogens with zero attached hydrogens (tertiary/aromatic N) is 2. The van der Waals surface area contributed by atoms with Gasteiger partial charge in [0.05, 0.1) is 17.7 Å². The Kier molecular flexibility index (Phi) is 5.39. The minimum absolute atomic E-state index is 0.0230. The van der Waals surface area contributed by atoms with Gasteiger partial charge in [-0.05, 0) is 43.3 Å². The van der Waals surface area contributed by atoms with Crippen LogP contribution in [0.25, 0.3) is 10.6 Å². The molecule has 1 aromatic carbocycles. The molecule has 11 heteroatoms. The highest BCUT2D eigenvalue weighted by Gasteiger charge is 2.35. The Morgan fingerprint density at radius 2 is 1.86 bits per heavy atom. The number of anilines is 1. The maximum Gasteiger partial charge on any atom is 0.436 e. The summed E-state index contributed by atoms with van der Waals surface area (Å²) in [5.74, 6) is 0.438. The number of ether oxygens (including phenoxy) is 1. The summed E-state index contributed by atoms with van der Waals surface area (Å²) in [7, 11) is -2.40. The highest BCUT2D eigenvalue weighted by atomic mass is 32.2. The molecule has 3 rings (SSSR count). The van der Waals surface area contributed by atoms with E-state index in [0.717, 1.165) is 17.4 Å². The molecular weight excluding hydrogens is 417 g/mol. The second kappa shape index (κ2) is 7.47. The first-order valence-corrected chi connectivity index (χ1v) is 10.2. The van der Waals surface area contributed by atoms with Crippen LogP contribution in [0.1, 0.15) is 12.6 Å². The third-order valence-corrected chi connectivity index (χ3v) is 7.29. The Bertz CT molecular complexity index is 1060. The van der Waals surface area contributed by atoms with Gasteiger partial charge in [-0.25, -0.2) is 8.42 Å². The van der Waals surface area contributed by atoms with E-state index in [1.165, 1.54) is 23.5 Å². The lowest BCUT2D eigenvalue weighted by atomic mass is 10.3. The number of hydrogen-bond acceptors (Lipinski definition) is 6. The average molecular weight is 432 g/mol. The number of alkyl halides is 3. The highest BCUT2D eigenvalue weighted by Crippen LogP contribution is 2.37. The van der Waals surface area contributed by atoms with Crippen LogP contribution < -0.4 is 9.04 Å². The van der Waals surface area contributed by atoms with E-state index in [-0.39, 0.29) is 21.4 Å². The second-order valence-corrected chi connectivity index (χ2v) is 8.73. The average Bonchev–Trinajstić information content (AvgIpc) is 3.32. The van der Waals surface area contributed by atoms with Crippen LogP contribution in [-0.4, -0.2) is 27.2 Å². The molecule has 28 heavy (non-hydrogen) atoms. The molecule has 3 aromatic rings. The molecule has 0 aliphatic carbocycles. The predicted molar refractivity (Wildman–Crippen MR) is 98.0 cm³/mol. The predicted octanol–water partition coefficient (Wildman–Crippen LogP) is 4.65. The Hall–Kier alpha value is -2.53. The Balaban J connectivity index is 1.92. The molecule has 0 unspecified atom stereocenters. The summed E-state index contributed by atoms with van der Waals surface area (Å²) in [6.45, 7) is 1.85. The SMILES string of the molecule is CCN(c1ccc(OC)cc1)S(=O)(=O)c1ccc(-c2cc(C(F)(F)F)no2)s1. The van der Waals surface area contributed by atoms with Crippen molar-refractivity contribution < 1.29 is 30.8 Å². The van der Waals surface area contributed by atoms with Crippen LogP contribution in [0, 0.1) is 0 Å². The van der Waals surface area contributed by atoms with E-state index < -0.39 is 21.9 Å². The lowest BCUT2D eigenvalue weighted by Gasteiger charge is -2.22. The third-order valence-electron chi connectivity index (χ3n) is 3.82. The van der Waals surface area contributed by atoms with Crippen LogP contribution in [0.5, 0.6) is 5.75 Å². The van der Waals surface area contributed by atoms with Gasteiger partial charge in [-0.2, -0.15) is 13.2 Å². The molecule has 0 atom stereocenters. The van der Waals surface area contributed by atoms with Crippen LogP contribution in [0.3, 0.4) is 0 Å². The van der Waals surface area contributed by atoms with Gasteiger partial charge in [0.15, 0.2) is 11.5 Å². The van der Waals surface area contributed by atoms with E-state index in [1.807, 2.05) is 0 Å². The zero-order valence-corrected chi connectivity index (χ0v) is 16.4. The molecule has 0 radical (unpaired) electrons. The standard InChI is InChI=1S/C17H15F3N2O4S2/c1-3-22(11-4-6-12(25-2)7-5-11)28(23,24)16-9-8-14(27-16)13-10-15(21-26-13)17(18,19)20/h4-10H,3H2,1-2H3. The number of hydrogen-bond donors (Lipinski definition) is 0. The molecule has 2 aromatic heterocycles. The Morgan fingerprint density at radius 3 is 2.39 bits per heavy atom. The summed E-state index contributed by atoms with van der Waals surface area (Å²) in [5.41, 5.74) is -0.731. The van der Waals surface area contributed by atoms with Gasteiger partial charge in [0, 0.05) is 12.6 Å². The number of thiophene rings is 1. The summed E-state index contributed by atoms with van der Waals surface area (Å²) in [6, 6.07) is 9.96. The topological polar surface area (TPSA) is 72.6 Å². The molecule has 0 aliphatic heterocycles. The van der Waals surface area contributed by atoms with Crippen molar-refractivity contribution >= 4 is 27.0 Å². The van der Waals surface area contributed by atoms with E-state index in [2.05, 4.69) is 5.16 Å². The van der Waals surface area contributed by atoms with Crippen molar-refractivity contribution in [2.24, 2.45) is 0 Å². The summed E-state index contributed by atoms with van der Waals surface area (Å²) >= 11 is 0.807. The largest absolute Gasteiger partial charge is 0.497 e. The van der Waals surface area contributed by atoms with Gasteiger partial charge in [-0.15, -0.1) is 11.3 Å². The number of aromatic nitrogens is 1. The molecule has 0 saturated carbocycles. The van der Waals surface area contributed by atoms with E-state index >= 15 is 0 Å². The molecule has 0 spiro atoms. The van der Waals surface area contributed by atoms with Crippen molar-refractivity contribution in [1.29, 1.82) is 0 Å². The van der Waals surface area contributed by atoms with E-state index in [9.17, 15) is 21.6 Å². The third kappa shape index (κ3) is 3.85. The van der Waals surface area contributed by atoms with Crippen molar-refractivity contribution in [3.63, 3.8) is 0 Å². The van der Waals surface area contributed by atoms with Gasteiger partial charge in [-0.3, -0.25) is 4.31 Å². The van der Waals surface area contributed by atoms with Crippen molar-refractivity contribution in [2.45, 2.75) is 17.3 Å². The fourth-order valence-corrected chi connectivity index (χ4v) is 5.31. The van der Waals surface area contributed by atoms with Gasteiger partial charge in [-0.1, -0.05) is 5.16 Å². The Labute approximate surface area is 163 Å². The first-order chi connectivity index (χ1) is 13.2. The normalized spacial score (nSPS) is 12.2. The number of benzene rings is 1. The summed E-state index contributed by atoms with van der Waals surface area (Å²) in [6.07, 6.45) is -4.64. The monoisotopic (exact) mass is 432 g/mol. The lowest BCUT2D eigenvalue weighted by Crippen LogP contribution is -2.30. The lowest BCUT2D eigenvalue weighted by molar-refractivity contribution is -0.142. The molecule has 0 aliphatic rings.